The molecule has 0 aliphatic carbocycles. The first-order chi connectivity index (χ1) is 11.4. The summed E-state index contributed by atoms with van der Waals surface area (Å²) < 4.78 is 5.61. The van der Waals surface area contributed by atoms with E-state index in [4.69, 9.17) is 33.4 Å². The van der Waals surface area contributed by atoms with Gasteiger partial charge >= 0.3 is 0 Å². The molecule has 4 nitrogen and oxygen atoms in total. The van der Waals surface area contributed by atoms with Crippen molar-refractivity contribution in [1.82, 2.24) is 0 Å². The lowest BCUT2D eigenvalue weighted by atomic mass is 10.2. The number of hydrogen-bond donors (Lipinski definition) is 2. The van der Waals surface area contributed by atoms with E-state index in [1.54, 1.807) is 42.5 Å². The highest BCUT2D eigenvalue weighted by Crippen LogP contribution is 2.29. The van der Waals surface area contributed by atoms with Gasteiger partial charge in [-0.15, -0.1) is 0 Å². The molecule has 1 heterocycles. The molecule has 24 heavy (non-hydrogen) atoms. The van der Waals surface area contributed by atoms with E-state index in [-0.39, 0.29) is 11.7 Å². The topological polar surface area (TPSA) is 68.3 Å². The van der Waals surface area contributed by atoms with Crippen LogP contribution in [0.1, 0.15) is 16.1 Å². The van der Waals surface area contributed by atoms with Gasteiger partial charge in [0.05, 0.1) is 11.4 Å². The van der Waals surface area contributed by atoms with Crippen LogP contribution in [-0.4, -0.2) is 5.91 Å². The molecule has 0 atom stereocenters. The molecule has 0 saturated heterocycles. The first kappa shape index (κ1) is 16.4. The van der Waals surface area contributed by atoms with Crippen molar-refractivity contribution in [2.24, 2.45) is 0 Å². The number of amides is 1. The first-order valence-corrected chi connectivity index (χ1v) is 7.92. The smallest absolute Gasteiger partial charge is 0.291 e. The van der Waals surface area contributed by atoms with Gasteiger partial charge in [-0.25, -0.2) is 0 Å². The zero-order valence-electron chi connectivity index (χ0n) is 12.8. The summed E-state index contributed by atoms with van der Waals surface area (Å²) in [4.78, 5) is 12.3. The van der Waals surface area contributed by atoms with Crippen molar-refractivity contribution in [3.8, 4) is 11.3 Å². The second kappa shape index (κ2) is 6.59. The Morgan fingerprint density at radius 2 is 1.75 bits per heavy atom. The van der Waals surface area contributed by atoms with Gasteiger partial charge in [0.2, 0.25) is 0 Å². The van der Waals surface area contributed by atoms with Crippen LogP contribution in [0.25, 0.3) is 11.3 Å². The van der Waals surface area contributed by atoms with Gasteiger partial charge in [-0.1, -0.05) is 29.3 Å². The average Bonchev–Trinajstić information content (AvgIpc) is 2.99. The number of nitrogens with one attached hydrogen (secondary N) is 1. The molecule has 122 valence electrons. The molecule has 0 spiro atoms. The monoisotopic (exact) mass is 360 g/mol. The standard InChI is InChI=1S/C18H14Cl2N2O2/c1-10-2-3-15(14(21)6-10)22-18(23)17-5-4-16(24-17)11-7-12(19)9-13(20)8-11/h2-9H,21H2,1H3,(H,22,23). The maximum absolute atomic E-state index is 12.3. The Hall–Kier alpha value is -2.43. The van der Waals surface area contributed by atoms with Crippen LogP contribution in [0.2, 0.25) is 10.0 Å². The predicted octanol–water partition coefficient (Wildman–Crippen LogP) is 5.40. The second-order valence-electron chi connectivity index (χ2n) is 5.37. The number of furan rings is 1. The van der Waals surface area contributed by atoms with Crippen molar-refractivity contribution in [3.63, 3.8) is 0 Å². The van der Waals surface area contributed by atoms with Crippen LogP contribution in [0.5, 0.6) is 0 Å². The van der Waals surface area contributed by atoms with E-state index in [9.17, 15) is 4.79 Å². The van der Waals surface area contributed by atoms with Gasteiger partial charge in [-0.2, -0.15) is 0 Å². The summed E-state index contributed by atoms with van der Waals surface area (Å²) in [6.07, 6.45) is 0. The van der Waals surface area contributed by atoms with Crippen molar-refractivity contribution in [2.45, 2.75) is 6.92 Å². The van der Waals surface area contributed by atoms with Crippen molar-refractivity contribution in [3.05, 3.63) is 69.9 Å². The zero-order valence-corrected chi connectivity index (χ0v) is 14.3. The van der Waals surface area contributed by atoms with Crippen LogP contribution in [0.15, 0.2) is 52.9 Å². The SMILES string of the molecule is Cc1ccc(NC(=O)c2ccc(-c3cc(Cl)cc(Cl)c3)o2)c(N)c1. The van der Waals surface area contributed by atoms with Crippen LogP contribution in [0.3, 0.4) is 0 Å². The van der Waals surface area contributed by atoms with Crippen LogP contribution >= 0.6 is 23.2 Å². The molecule has 0 fully saturated rings. The summed E-state index contributed by atoms with van der Waals surface area (Å²) >= 11 is 12.0. The summed E-state index contributed by atoms with van der Waals surface area (Å²) in [5.74, 6) is 0.285. The number of halogens is 2. The molecule has 2 aromatic carbocycles. The van der Waals surface area contributed by atoms with E-state index in [0.717, 1.165) is 5.56 Å². The molecule has 0 bridgehead atoms. The molecular weight excluding hydrogens is 347 g/mol. The Morgan fingerprint density at radius 1 is 1.04 bits per heavy atom. The van der Waals surface area contributed by atoms with E-state index < -0.39 is 0 Å². The third kappa shape index (κ3) is 3.55. The van der Waals surface area contributed by atoms with Gasteiger partial charge < -0.3 is 15.5 Å². The molecule has 0 aliphatic heterocycles. The third-order valence-corrected chi connectivity index (χ3v) is 3.87. The molecule has 3 N–H and O–H groups in total. The number of hydrogen-bond acceptors (Lipinski definition) is 3. The van der Waals surface area contributed by atoms with Gasteiger partial charge in [-0.05, 0) is 55.0 Å². The maximum atomic E-state index is 12.3. The fourth-order valence-electron chi connectivity index (χ4n) is 2.29. The molecule has 1 aromatic heterocycles. The van der Waals surface area contributed by atoms with Gasteiger partial charge in [0.1, 0.15) is 5.76 Å². The van der Waals surface area contributed by atoms with Gasteiger partial charge in [0.25, 0.3) is 5.91 Å². The minimum atomic E-state index is -0.384. The molecule has 3 aromatic rings. The molecule has 0 aliphatic rings. The number of rotatable bonds is 3. The molecule has 0 radical (unpaired) electrons. The van der Waals surface area contributed by atoms with Crippen LogP contribution in [0.4, 0.5) is 11.4 Å². The second-order valence-corrected chi connectivity index (χ2v) is 6.24. The number of nitrogen functional groups attached to an aromatic ring is 1. The lowest BCUT2D eigenvalue weighted by Gasteiger charge is -2.07. The maximum Gasteiger partial charge on any atom is 0.291 e. The van der Waals surface area contributed by atoms with E-state index >= 15 is 0 Å². The van der Waals surface area contributed by atoms with E-state index in [1.165, 1.54) is 0 Å². The molecule has 0 saturated carbocycles. The Balaban J connectivity index is 1.83. The molecular formula is C18H14Cl2N2O2. The lowest BCUT2D eigenvalue weighted by molar-refractivity contribution is 0.0997. The quantitative estimate of drug-likeness (QED) is 0.614. The van der Waals surface area contributed by atoms with Crippen LogP contribution in [-0.2, 0) is 0 Å². The number of nitrogens with two attached hydrogens (primary N) is 1. The molecule has 1 amide bonds. The average molecular weight is 361 g/mol. The number of aryl methyl sites for hydroxylation is 1. The fraction of sp³-hybridized carbons (Fsp3) is 0.0556. The predicted molar refractivity (Wildman–Crippen MR) is 97.7 cm³/mol. The molecule has 6 heteroatoms. The Labute approximate surface area is 149 Å². The van der Waals surface area contributed by atoms with Crippen molar-refractivity contribution >= 4 is 40.5 Å². The normalized spacial score (nSPS) is 10.6. The minimum absolute atomic E-state index is 0.168. The van der Waals surface area contributed by atoms with E-state index in [2.05, 4.69) is 5.32 Å². The Kier molecular flexibility index (Phi) is 4.51. The highest BCUT2D eigenvalue weighted by molar-refractivity contribution is 6.35. The van der Waals surface area contributed by atoms with Crippen LogP contribution < -0.4 is 11.1 Å². The van der Waals surface area contributed by atoms with Gasteiger partial charge in [0, 0.05) is 15.6 Å². The number of benzene rings is 2. The van der Waals surface area contributed by atoms with Crippen LogP contribution in [0, 0.1) is 6.92 Å². The third-order valence-electron chi connectivity index (χ3n) is 3.43. The van der Waals surface area contributed by atoms with Gasteiger partial charge in [-0.3, -0.25) is 4.79 Å². The number of anilines is 2. The summed E-state index contributed by atoms with van der Waals surface area (Å²) in [6, 6.07) is 13.7. The Bertz CT molecular complexity index is 899. The lowest BCUT2D eigenvalue weighted by Crippen LogP contribution is -2.12. The van der Waals surface area contributed by atoms with E-state index in [0.29, 0.717) is 32.7 Å². The first-order valence-electron chi connectivity index (χ1n) is 7.16. The summed E-state index contributed by atoms with van der Waals surface area (Å²) in [7, 11) is 0. The zero-order chi connectivity index (χ0) is 17.3. The highest BCUT2D eigenvalue weighted by Gasteiger charge is 2.14. The molecule has 3 rings (SSSR count). The van der Waals surface area contributed by atoms with Crippen molar-refractivity contribution in [1.29, 1.82) is 0 Å². The van der Waals surface area contributed by atoms with Crippen molar-refractivity contribution in [2.75, 3.05) is 11.1 Å². The number of carbonyl (C=O) groups excluding carboxylic acids is 1. The summed E-state index contributed by atoms with van der Waals surface area (Å²) in [5, 5.41) is 3.72. The minimum Gasteiger partial charge on any atom is -0.451 e. The summed E-state index contributed by atoms with van der Waals surface area (Å²) in [5.41, 5.74) is 8.65. The fourth-order valence-corrected chi connectivity index (χ4v) is 2.82. The molecule has 0 unspecified atom stereocenters. The van der Waals surface area contributed by atoms with E-state index in [1.807, 2.05) is 13.0 Å². The highest BCUT2D eigenvalue weighted by atomic mass is 35.5. The largest absolute Gasteiger partial charge is 0.451 e. The summed E-state index contributed by atoms with van der Waals surface area (Å²) in [6.45, 7) is 1.93. The van der Waals surface area contributed by atoms with Crippen molar-refractivity contribution < 1.29 is 9.21 Å². The number of carbonyl (C=O) groups is 1. The van der Waals surface area contributed by atoms with Gasteiger partial charge in [0.15, 0.2) is 5.76 Å². The Morgan fingerprint density at radius 3 is 2.42 bits per heavy atom.